The van der Waals surface area contributed by atoms with E-state index in [0.29, 0.717) is 24.0 Å². The number of nitro groups is 1. The molecule has 0 aliphatic heterocycles. The fourth-order valence-corrected chi connectivity index (χ4v) is 4.92. The van der Waals surface area contributed by atoms with Crippen LogP contribution in [0.25, 0.3) is 22.2 Å². The molecule has 5 rings (SSSR count). The van der Waals surface area contributed by atoms with Crippen LogP contribution in [0, 0.1) is 10.1 Å². The van der Waals surface area contributed by atoms with Crippen LogP contribution in [0.5, 0.6) is 0 Å². The Morgan fingerprint density at radius 1 is 1.22 bits per heavy atom. The molecule has 2 N–H and O–H groups in total. The normalized spacial score (nSPS) is 21.7. The van der Waals surface area contributed by atoms with Gasteiger partial charge in [0.1, 0.15) is 17.3 Å². The summed E-state index contributed by atoms with van der Waals surface area (Å²) in [6, 6.07) is 10.6. The Morgan fingerprint density at radius 3 is 2.65 bits per heavy atom. The summed E-state index contributed by atoms with van der Waals surface area (Å²) in [4.78, 5) is 25.0. The molecule has 3 aromatic rings. The number of fused-ring (bicyclic) bond motifs is 1. The number of nitrogens with two attached hydrogens (primary N) is 1. The van der Waals surface area contributed by atoms with E-state index >= 15 is 0 Å². The minimum Gasteiger partial charge on any atom is -0.375 e. The maximum absolute atomic E-state index is 12.1. The van der Waals surface area contributed by atoms with E-state index in [0.717, 1.165) is 17.5 Å². The van der Waals surface area contributed by atoms with E-state index < -0.39 is 16.6 Å². The first-order valence-corrected chi connectivity index (χ1v) is 12.4. The molecule has 37 heavy (non-hydrogen) atoms. The number of likely N-dealkylation sites (N-methyl/N-ethyl adjacent to an activating group) is 2. The summed E-state index contributed by atoms with van der Waals surface area (Å²) in [5.41, 5.74) is 8.68. The van der Waals surface area contributed by atoms with Gasteiger partial charge in [-0.25, -0.2) is 9.97 Å². The molecule has 0 bridgehead atoms. The van der Waals surface area contributed by atoms with E-state index in [9.17, 15) is 10.1 Å². The number of benzene rings is 1. The molecule has 2 unspecified atom stereocenters. The topological polar surface area (TPSA) is 116 Å². The van der Waals surface area contributed by atoms with E-state index in [1.165, 1.54) is 31.5 Å². The summed E-state index contributed by atoms with van der Waals surface area (Å²) in [6.07, 6.45) is 8.59. The van der Waals surface area contributed by atoms with Crippen LogP contribution in [0.2, 0.25) is 0 Å². The van der Waals surface area contributed by atoms with Crippen molar-refractivity contribution in [3.8, 4) is 11.3 Å². The standard InChI is InChI=1S/C27H33N7O3/c1-31(2)13-14-32(3)23-15-25(37-4)27(28,16-24(23)34(35)36)26-29-12-11-21(30-26)20-17-33(18-9-10-18)22-8-6-5-7-19(20)22/h5-8,11-12,15-18,25H,9-10,13-14,28H2,1-4H3. The third-order valence-corrected chi connectivity index (χ3v) is 7.16. The lowest BCUT2D eigenvalue weighted by molar-refractivity contribution is -0.423. The fourth-order valence-electron chi connectivity index (χ4n) is 4.92. The van der Waals surface area contributed by atoms with Gasteiger partial charge in [0.05, 0.1) is 10.6 Å². The van der Waals surface area contributed by atoms with Crippen molar-refractivity contribution in [1.29, 1.82) is 0 Å². The Kier molecular flexibility index (Phi) is 6.57. The minimum atomic E-state index is -1.42. The van der Waals surface area contributed by atoms with Gasteiger partial charge in [0.2, 0.25) is 0 Å². The van der Waals surface area contributed by atoms with Crippen LogP contribution in [0.3, 0.4) is 0 Å². The van der Waals surface area contributed by atoms with Crippen LogP contribution in [-0.2, 0) is 10.3 Å². The number of para-hydroxylation sites is 1. The number of nitrogens with zero attached hydrogens (tertiary/aromatic N) is 6. The lowest BCUT2D eigenvalue weighted by atomic mass is 9.85. The highest BCUT2D eigenvalue weighted by molar-refractivity contribution is 5.95. The van der Waals surface area contributed by atoms with Gasteiger partial charge >= 0.3 is 0 Å². The molecule has 1 fully saturated rings. The van der Waals surface area contributed by atoms with E-state index in [1.54, 1.807) is 12.3 Å². The second-order valence-electron chi connectivity index (χ2n) is 10.1. The summed E-state index contributed by atoms with van der Waals surface area (Å²) < 4.78 is 8.08. The van der Waals surface area contributed by atoms with Gasteiger partial charge in [-0.15, -0.1) is 0 Å². The largest absolute Gasteiger partial charge is 0.375 e. The second kappa shape index (κ2) is 9.70. The molecule has 0 saturated heterocycles. The zero-order valence-electron chi connectivity index (χ0n) is 21.7. The maximum Gasteiger partial charge on any atom is 0.290 e. The smallest absolute Gasteiger partial charge is 0.290 e. The van der Waals surface area contributed by atoms with Crippen LogP contribution in [0.1, 0.15) is 24.7 Å². The van der Waals surface area contributed by atoms with Crippen molar-refractivity contribution >= 4 is 10.9 Å². The molecule has 2 heterocycles. The van der Waals surface area contributed by atoms with Gasteiger partial charge in [0, 0.05) is 68.2 Å². The maximum atomic E-state index is 12.1. The number of aromatic nitrogens is 3. The summed E-state index contributed by atoms with van der Waals surface area (Å²) in [7, 11) is 7.29. The van der Waals surface area contributed by atoms with Crippen molar-refractivity contribution in [2.75, 3.05) is 41.3 Å². The number of methoxy groups -OCH3 is 1. The molecule has 0 spiro atoms. The number of hydrogen-bond donors (Lipinski definition) is 1. The highest BCUT2D eigenvalue weighted by Crippen LogP contribution is 2.41. The van der Waals surface area contributed by atoms with E-state index in [-0.39, 0.29) is 11.5 Å². The fraction of sp³-hybridized carbons (Fsp3) is 0.407. The SMILES string of the molecule is COC1C=C(N(C)CCN(C)C)C([N+](=O)[O-])=CC1(N)c1nccc(-c2cn(C3CC3)c3ccccc23)n1. The third kappa shape index (κ3) is 4.63. The number of hydrogen-bond acceptors (Lipinski definition) is 8. The molecule has 0 amide bonds. The van der Waals surface area contributed by atoms with E-state index in [2.05, 4.69) is 27.9 Å². The molecule has 1 saturated carbocycles. The molecule has 194 valence electrons. The summed E-state index contributed by atoms with van der Waals surface area (Å²) >= 11 is 0. The van der Waals surface area contributed by atoms with E-state index in [4.69, 9.17) is 15.5 Å². The first kappa shape index (κ1) is 25.1. The van der Waals surface area contributed by atoms with Gasteiger partial charge < -0.3 is 24.8 Å². The molecule has 10 heteroatoms. The van der Waals surface area contributed by atoms with Gasteiger partial charge in [-0.2, -0.15) is 0 Å². The number of rotatable bonds is 9. The van der Waals surface area contributed by atoms with Gasteiger partial charge in [0.25, 0.3) is 5.70 Å². The molecular weight excluding hydrogens is 470 g/mol. The molecule has 2 aliphatic rings. The van der Waals surface area contributed by atoms with E-state index in [1.807, 2.05) is 49.1 Å². The second-order valence-corrected chi connectivity index (χ2v) is 10.1. The Balaban J connectivity index is 1.56. The molecule has 2 aliphatic carbocycles. The predicted molar refractivity (Wildman–Crippen MR) is 142 cm³/mol. The van der Waals surface area contributed by atoms with Crippen molar-refractivity contribution in [3.05, 3.63) is 82.2 Å². The Bertz CT molecular complexity index is 1390. The highest BCUT2D eigenvalue weighted by atomic mass is 16.6. The minimum absolute atomic E-state index is 0.0867. The van der Waals surface area contributed by atoms with Gasteiger partial charge in [-0.3, -0.25) is 10.1 Å². The van der Waals surface area contributed by atoms with Gasteiger partial charge in [-0.05, 0) is 45.1 Å². The molecule has 10 nitrogen and oxygen atoms in total. The Morgan fingerprint density at radius 2 is 1.97 bits per heavy atom. The average Bonchev–Trinajstić information content (AvgIpc) is 3.67. The van der Waals surface area contributed by atoms with Crippen molar-refractivity contribution in [3.63, 3.8) is 0 Å². The Hall–Kier alpha value is -3.60. The van der Waals surface area contributed by atoms with Crippen molar-refractivity contribution in [2.45, 2.75) is 30.5 Å². The van der Waals surface area contributed by atoms with Gasteiger partial charge in [0.15, 0.2) is 5.82 Å². The highest BCUT2D eigenvalue weighted by Gasteiger charge is 2.45. The first-order valence-electron chi connectivity index (χ1n) is 12.4. The van der Waals surface area contributed by atoms with Crippen molar-refractivity contribution < 1.29 is 9.66 Å². The van der Waals surface area contributed by atoms with Crippen LogP contribution < -0.4 is 5.73 Å². The third-order valence-electron chi connectivity index (χ3n) is 7.16. The first-order chi connectivity index (χ1) is 17.7. The molecule has 2 atom stereocenters. The molecule has 2 aromatic heterocycles. The van der Waals surface area contributed by atoms with Gasteiger partial charge in [-0.1, -0.05) is 18.2 Å². The van der Waals surface area contributed by atoms with Crippen LogP contribution in [0.15, 0.2) is 66.3 Å². The predicted octanol–water partition coefficient (Wildman–Crippen LogP) is 3.15. The lowest BCUT2D eigenvalue weighted by Gasteiger charge is -2.35. The number of ether oxygens (including phenoxy) is 1. The average molecular weight is 504 g/mol. The zero-order valence-corrected chi connectivity index (χ0v) is 21.7. The van der Waals surface area contributed by atoms with Crippen molar-refractivity contribution in [1.82, 2.24) is 24.3 Å². The lowest BCUT2D eigenvalue weighted by Crippen LogP contribution is -2.51. The van der Waals surface area contributed by atoms with Crippen LogP contribution >= 0.6 is 0 Å². The molecule has 1 aromatic carbocycles. The van der Waals surface area contributed by atoms with Crippen LogP contribution in [-0.4, -0.2) is 76.7 Å². The van der Waals surface area contributed by atoms with Crippen molar-refractivity contribution in [2.24, 2.45) is 5.73 Å². The monoisotopic (exact) mass is 503 g/mol. The quantitative estimate of drug-likeness (QED) is 0.350. The summed E-state index contributed by atoms with van der Waals surface area (Å²) in [5.74, 6) is 0.269. The molecule has 0 radical (unpaired) electrons. The van der Waals surface area contributed by atoms with Crippen LogP contribution in [0.4, 0.5) is 0 Å². The summed E-state index contributed by atoms with van der Waals surface area (Å²) in [6.45, 7) is 1.35. The zero-order chi connectivity index (χ0) is 26.3. The Labute approximate surface area is 216 Å². The summed E-state index contributed by atoms with van der Waals surface area (Å²) in [5, 5.41) is 13.2. The molecular formula is C27H33N7O3.